The maximum Gasteiger partial charge on any atom is 0.270 e. The molecule has 2 heterocycles. The molecule has 6 nitrogen and oxygen atoms in total. The Labute approximate surface area is 152 Å². The zero-order valence-corrected chi connectivity index (χ0v) is 15.2. The molecule has 1 aromatic heterocycles. The third kappa shape index (κ3) is 4.32. The summed E-state index contributed by atoms with van der Waals surface area (Å²) >= 11 is 0. The minimum absolute atomic E-state index is 0.0359. The largest absolute Gasteiger partial charge is 0.491 e. The van der Waals surface area contributed by atoms with Crippen LogP contribution in [0.2, 0.25) is 0 Å². The normalized spacial score (nSPS) is 16.5. The molecule has 1 N–H and O–H groups in total. The van der Waals surface area contributed by atoms with Gasteiger partial charge in [0.1, 0.15) is 5.69 Å². The lowest BCUT2D eigenvalue weighted by Gasteiger charge is -2.25. The summed E-state index contributed by atoms with van der Waals surface area (Å²) in [5.74, 6) is -0.0346. The van der Waals surface area contributed by atoms with E-state index in [4.69, 9.17) is 9.47 Å². The van der Waals surface area contributed by atoms with Crippen molar-refractivity contribution in [2.75, 3.05) is 20.3 Å². The molecule has 0 aliphatic carbocycles. The Morgan fingerprint density at radius 3 is 2.88 bits per heavy atom. The first kappa shape index (κ1) is 18.2. The van der Waals surface area contributed by atoms with Crippen LogP contribution in [0.1, 0.15) is 34.5 Å². The van der Waals surface area contributed by atoms with E-state index >= 15 is 0 Å². The van der Waals surface area contributed by atoms with Gasteiger partial charge in [-0.25, -0.2) is 0 Å². The van der Waals surface area contributed by atoms with Gasteiger partial charge in [0.15, 0.2) is 5.75 Å². The van der Waals surface area contributed by atoms with Gasteiger partial charge in [-0.15, -0.1) is 0 Å². The van der Waals surface area contributed by atoms with Gasteiger partial charge >= 0.3 is 0 Å². The monoisotopic (exact) mass is 356 g/mol. The second-order valence-electron chi connectivity index (χ2n) is 6.59. The van der Waals surface area contributed by atoms with E-state index in [2.05, 4.69) is 11.1 Å². The molecule has 0 spiro atoms. The van der Waals surface area contributed by atoms with E-state index in [-0.39, 0.29) is 28.9 Å². The number of methoxy groups -OCH3 is 1. The number of hydrogen-bond donors (Lipinski definition) is 1. The number of benzene rings is 1. The third-order valence-corrected chi connectivity index (χ3v) is 4.52. The molecule has 138 valence electrons. The van der Waals surface area contributed by atoms with Crippen molar-refractivity contribution in [1.82, 2.24) is 9.88 Å². The van der Waals surface area contributed by atoms with Gasteiger partial charge in [-0.1, -0.05) is 29.8 Å². The van der Waals surface area contributed by atoms with Gasteiger partial charge in [0.05, 0.1) is 13.2 Å². The number of nitrogens with one attached hydrogen (secondary N) is 1. The molecular formula is C20H24N2O4. The van der Waals surface area contributed by atoms with Crippen LogP contribution < -0.4 is 10.2 Å². The van der Waals surface area contributed by atoms with E-state index in [0.717, 1.165) is 30.6 Å². The fourth-order valence-electron chi connectivity index (χ4n) is 3.20. The number of rotatable bonds is 6. The molecule has 1 atom stereocenters. The first-order valence-electron chi connectivity index (χ1n) is 8.80. The van der Waals surface area contributed by atoms with Crippen LogP contribution in [-0.2, 0) is 11.3 Å². The molecule has 3 rings (SSSR count). The molecule has 1 aliphatic rings. The van der Waals surface area contributed by atoms with Gasteiger partial charge < -0.3 is 19.4 Å². The fourth-order valence-corrected chi connectivity index (χ4v) is 3.20. The average molecular weight is 356 g/mol. The summed E-state index contributed by atoms with van der Waals surface area (Å²) in [6, 6.07) is 9.36. The molecule has 1 saturated heterocycles. The lowest BCUT2D eigenvalue weighted by molar-refractivity contribution is 0.0502. The molecule has 1 aromatic carbocycles. The summed E-state index contributed by atoms with van der Waals surface area (Å²) in [5.41, 5.74) is 2.13. The Morgan fingerprint density at radius 1 is 1.38 bits per heavy atom. The van der Waals surface area contributed by atoms with Crippen molar-refractivity contribution in [3.8, 4) is 5.75 Å². The number of carbonyl (C=O) groups is 1. The Bertz CT molecular complexity index is 825. The van der Waals surface area contributed by atoms with E-state index in [9.17, 15) is 9.59 Å². The van der Waals surface area contributed by atoms with Gasteiger partial charge in [0.25, 0.3) is 5.91 Å². The number of nitrogens with zero attached hydrogens (tertiary/aromatic N) is 1. The number of pyridine rings is 1. The van der Waals surface area contributed by atoms with Gasteiger partial charge in [-0.05, 0) is 25.3 Å². The lowest BCUT2D eigenvalue weighted by Crippen LogP contribution is -2.37. The van der Waals surface area contributed by atoms with Crippen LogP contribution >= 0.6 is 0 Å². The zero-order chi connectivity index (χ0) is 18.5. The van der Waals surface area contributed by atoms with Crippen molar-refractivity contribution in [2.24, 2.45) is 0 Å². The van der Waals surface area contributed by atoms with Crippen LogP contribution in [0.5, 0.6) is 5.75 Å². The summed E-state index contributed by atoms with van der Waals surface area (Å²) in [4.78, 5) is 29.7. The number of hydrogen-bond acceptors (Lipinski definition) is 4. The first-order valence-corrected chi connectivity index (χ1v) is 8.80. The molecule has 2 aromatic rings. The van der Waals surface area contributed by atoms with Crippen LogP contribution in [0.4, 0.5) is 0 Å². The highest BCUT2D eigenvalue weighted by Gasteiger charge is 2.24. The van der Waals surface area contributed by atoms with Gasteiger partial charge in [-0.2, -0.15) is 0 Å². The summed E-state index contributed by atoms with van der Waals surface area (Å²) in [6.07, 6.45) is 3.41. The Kier molecular flexibility index (Phi) is 5.73. The zero-order valence-electron chi connectivity index (χ0n) is 15.2. The predicted molar refractivity (Wildman–Crippen MR) is 98.5 cm³/mol. The average Bonchev–Trinajstić information content (AvgIpc) is 3.13. The van der Waals surface area contributed by atoms with Crippen LogP contribution in [0.15, 0.2) is 41.3 Å². The van der Waals surface area contributed by atoms with Gasteiger partial charge in [0, 0.05) is 32.0 Å². The number of ether oxygens (including phenoxy) is 2. The van der Waals surface area contributed by atoms with E-state index in [1.54, 1.807) is 4.90 Å². The molecule has 26 heavy (non-hydrogen) atoms. The Hall–Kier alpha value is -2.60. The third-order valence-electron chi connectivity index (χ3n) is 4.52. The fraction of sp³-hybridized carbons (Fsp3) is 0.400. The predicted octanol–water partition coefficient (Wildman–Crippen LogP) is 2.51. The maximum atomic E-state index is 13.0. The molecule has 0 bridgehead atoms. The topological polar surface area (TPSA) is 71.6 Å². The summed E-state index contributed by atoms with van der Waals surface area (Å²) < 4.78 is 10.7. The highest BCUT2D eigenvalue weighted by Crippen LogP contribution is 2.17. The maximum absolute atomic E-state index is 13.0. The van der Waals surface area contributed by atoms with Crippen LogP contribution in [0, 0.1) is 6.92 Å². The molecule has 6 heteroatoms. The number of H-pyrrole nitrogens is 1. The summed E-state index contributed by atoms with van der Waals surface area (Å²) in [5, 5.41) is 0. The minimum atomic E-state index is -0.317. The summed E-state index contributed by atoms with van der Waals surface area (Å²) in [7, 11) is 1.42. The Balaban J connectivity index is 1.84. The SMILES string of the molecule is COc1c[nH]c(C(=O)N(Cc2cccc(C)c2)C[C@H]2CCCO2)cc1=O. The molecule has 0 radical (unpaired) electrons. The van der Waals surface area contributed by atoms with Crippen molar-refractivity contribution in [1.29, 1.82) is 0 Å². The molecule has 0 unspecified atom stereocenters. The van der Waals surface area contributed by atoms with E-state index in [0.29, 0.717) is 13.1 Å². The van der Waals surface area contributed by atoms with E-state index in [1.807, 2.05) is 25.1 Å². The number of aromatic amines is 1. The number of aryl methyl sites for hydroxylation is 1. The second-order valence-corrected chi connectivity index (χ2v) is 6.59. The first-order chi connectivity index (χ1) is 12.6. The quantitative estimate of drug-likeness (QED) is 0.863. The standard InChI is InChI=1S/C20H24N2O4/c1-14-5-3-6-15(9-14)12-22(13-16-7-4-8-26-16)20(24)17-10-18(23)19(25-2)11-21-17/h3,5-6,9-11,16H,4,7-8,12-13H2,1-2H3,(H,21,23)/t16-/m1/s1. The van der Waals surface area contributed by atoms with Crippen LogP contribution in [-0.4, -0.2) is 42.2 Å². The van der Waals surface area contributed by atoms with Gasteiger partial charge in [0.2, 0.25) is 5.43 Å². The molecule has 1 amide bonds. The van der Waals surface area contributed by atoms with Gasteiger partial charge in [-0.3, -0.25) is 9.59 Å². The second kappa shape index (κ2) is 8.19. The van der Waals surface area contributed by atoms with Crippen molar-refractivity contribution in [3.63, 3.8) is 0 Å². The summed E-state index contributed by atoms with van der Waals surface area (Å²) in [6.45, 7) is 3.72. The molecule has 1 aliphatic heterocycles. The van der Waals surface area contributed by atoms with Crippen LogP contribution in [0.25, 0.3) is 0 Å². The Morgan fingerprint density at radius 2 is 2.23 bits per heavy atom. The van der Waals surface area contributed by atoms with Crippen molar-refractivity contribution in [3.05, 3.63) is 63.6 Å². The number of carbonyl (C=O) groups excluding carboxylic acids is 1. The minimum Gasteiger partial charge on any atom is -0.491 e. The van der Waals surface area contributed by atoms with Crippen molar-refractivity contribution in [2.45, 2.75) is 32.4 Å². The molecular weight excluding hydrogens is 332 g/mol. The highest BCUT2D eigenvalue weighted by atomic mass is 16.5. The lowest BCUT2D eigenvalue weighted by atomic mass is 10.1. The molecule has 1 fully saturated rings. The van der Waals surface area contributed by atoms with E-state index < -0.39 is 0 Å². The number of aromatic nitrogens is 1. The van der Waals surface area contributed by atoms with E-state index in [1.165, 1.54) is 19.4 Å². The molecule has 0 saturated carbocycles. The highest BCUT2D eigenvalue weighted by molar-refractivity contribution is 5.92. The number of amides is 1. The van der Waals surface area contributed by atoms with Crippen molar-refractivity contribution >= 4 is 5.91 Å². The smallest absolute Gasteiger partial charge is 0.270 e. The van der Waals surface area contributed by atoms with Crippen molar-refractivity contribution < 1.29 is 14.3 Å². The van der Waals surface area contributed by atoms with Crippen LogP contribution in [0.3, 0.4) is 0 Å².